The van der Waals surface area contributed by atoms with Crippen LogP contribution in [0.25, 0.3) is 10.9 Å². The van der Waals surface area contributed by atoms with Crippen LogP contribution < -0.4 is 16.6 Å². The Labute approximate surface area is 162 Å². The molecule has 0 bridgehead atoms. The smallest absolute Gasteiger partial charge is 0.328 e. The van der Waals surface area contributed by atoms with Gasteiger partial charge in [-0.25, -0.2) is 4.79 Å². The maximum atomic E-state index is 12.5. The van der Waals surface area contributed by atoms with Crippen molar-refractivity contribution < 1.29 is 4.79 Å². The molecule has 0 unspecified atom stereocenters. The van der Waals surface area contributed by atoms with E-state index in [1.54, 1.807) is 24.3 Å². The number of nitrogens with one attached hydrogen (secondary N) is 2. The number of rotatable bonds is 6. The van der Waals surface area contributed by atoms with Gasteiger partial charge in [-0.2, -0.15) is 0 Å². The van der Waals surface area contributed by atoms with Crippen molar-refractivity contribution in [1.82, 2.24) is 14.9 Å². The van der Waals surface area contributed by atoms with Gasteiger partial charge in [-0.05, 0) is 30.5 Å². The summed E-state index contributed by atoms with van der Waals surface area (Å²) in [5.41, 5.74) is 0.943. The summed E-state index contributed by atoms with van der Waals surface area (Å²) in [5, 5.41) is 3.49. The van der Waals surface area contributed by atoms with E-state index in [2.05, 4.69) is 22.4 Å². The Morgan fingerprint density at radius 2 is 1.75 bits per heavy atom. The highest BCUT2D eigenvalue weighted by molar-refractivity contribution is 5.78. The molecule has 0 spiro atoms. The molecule has 28 heavy (non-hydrogen) atoms. The monoisotopic (exact) mass is 377 g/mol. The van der Waals surface area contributed by atoms with Crippen molar-refractivity contribution in [3.05, 3.63) is 81.0 Å². The molecule has 1 heterocycles. The van der Waals surface area contributed by atoms with E-state index in [9.17, 15) is 14.4 Å². The molecule has 1 aromatic heterocycles. The van der Waals surface area contributed by atoms with Crippen molar-refractivity contribution in [3.63, 3.8) is 0 Å². The molecule has 0 aliphatic heterocycles. The molecule has 6 heteroatoms. The molecular weight excluding hydrogens is 354 g/mol. The number of para-hydroxylation sites is 1. The Hall–Kier alpha value is -3.15. The predicted molar refractivity (Wildman–Crippen MR) is 108 cm³/mol. The largest absolute Gasteiger partial charge is 0.355 e. The van der Waals surface area contributed by atoms with Crippen LogP contribution in [0.15, 0.2) is 64.2 Å². The van der Waals surface area contributed by atoms with E-state index >= 15 is 0 Å². The minimum Gasteiger partial charge on any atom is -0.355 e. The van der Waals surface area contributed by atoms with Crippen molar-refractivity contribution in [2.75, 3.05) is 6.54 Å². The number of amides is 1. The second kappa shape index (κ2) is 7.46. The first-order valence-electron chi connectivity index (χ1n) is 9.63. The van der Waals surface area contributed by atoms with E-state index in [1.807, 2.05) is 18.2 Å². The third kappa shape index (κ3) is 3.38. The van der Waals surface area contributed by atoms with E-state index < -0.39 is 11.2 Å². The van der Waals surface area contributed by atoms with Gasteiger partial charge < -0.3 is 5.32 Å². The number of nitrogens with zero attached hydrogens (tertiary/aromatic N) is 1. The van der Waals surface area contributed by atoms with Gasteiger partial charge in [0.2, 0.25) is 5.91 Å². The Morgan fingerprint density at radius 3 is 2.46 bits per heavy atom. The summed E-state index contributed by atoms with van der Waals surface area (Å²) in [7, 11) is 0. The average molecular weight is 377 g/mol. The fourth-order valence-electron chi connectivity index (χ4n) is 4.00. The summed E-state index contributed by atoms with van der Waals surface area (Å²) in [5.74, 6) is -0.0932. The van der Waals surface area contributed by atoms with Crippen molar-refractivity contribution in [2.24, 2.45) is 0 Å². The molecule has 2 N–H and O–H groups in total. The summed E-state index contributed by atoms with van der Waals surface area (Å²) in [6.07, 6.45) is 3.49. The molecule has 3 aromatic rings. The summed E-state index contributed by atoms with van der Waals surface area (Å²) in [6.45, 7) is 0.831. The zero-order chi connectivity index (χ0) is 19.6. The molecule has 1 fully saturated rings. The number of aromatic nitrogens is 2. The molecule has 0 atom stereocenters. The molecule has 6 nitrogen and oxygen atoms in total. The van der Waals surface area contributed by atoms with Gasteiger partial charge in [0.05, 0.1) is 10.9 Å². The number of hydrogen-bond donors (Lipinski definition) is 2. The molecular formula is C22H23N3O3. The third-order valence-electron chi connectivity index (χ3n) is 5.79. The summed E-state index contributed by atoms with van der Waals surface area (Å²) < 4.78 is 1.45. The summed E-state index contributed by atoms with van der Waals surface area (Å²) in [4.78, 5) is 38.9. The maximum Gasteiger partial charge on any atom is 0.328 e. The van der Waals surface area contributed by atoms with Crippen molar-refractivity contribution in [3.8, 4) is 0 Å². The zero-order valence-electron chi connectivity index (χ0n) is 15.6. The van der Waals surface area contributed by atoms with E-state index in [4.69, 9.17) is 0 Å². The van der Waals surface area contributed by atoms with Crippen LogP contribution in [0.3, 0.4) is 0 Å². The lowest BCUT2D eigenvalue weighted by molar-refractivity contribution is -0.121. The van der Waals surface area contributed by atoms with Gasteiger partial charge in [0.1, 0.15) is 0 Å². The maximum absolute atomic E-state index is 12.5. The van der Waals surface area contributed by atoms with Crippen LogP contribution >= 0.6 is 0 Å². The number of aromatic amines is 1. The normalized spacial score (nSPS) is 15.1. The highest BCUT2D eigenvalue weighted by Gasteiger charge is 2.38. The Kier molecular flexibility index (Phi) is 4.86. The highest BCUT2D eigenvalue weighted by atomic mass is 16.2. The number of H-pyrrole nitrogens is 1. The van der Waals surface area contributed by atoms with Gasteiger partial charge in [-0.1, -0.05) is 48.9 Å². The lowest BCUT2D eigenvalue weighted by Gasteiger charge is -2.42. The highest BCUT2D eigenvalue weighted by Crippen LogP contribution is 2.43. The standard InChI is InChI=1S/C22H23N3O3/c26-19(23-15-22(12-6-13-22)16-7-2-1-3-8-16)11-14-25-18-10-5-4-9-17(18)20(27)24-21(25)28/h1-5,7-10H,6,11-15H2,(H,23,26)(H,24,27,28). The van der Waals surface area contributed by atoms with E-state index in [1.165, 1.54) is 16.6 Å². The Morgan fingerprint density at radius 1 is 1.04 bits per heavy atom. The summed E-state index contributed by atoms with van der Waals surface area (Å²) >= 11 is 0. The quantitative estimate of drug-likeness (QED) is 0.691. The number of carbonyl (C=O) groups excluding carboxylic acids is 1. The molecule has 0 saturated heterocycles. The van der Waals surface area contributed by atoms with E-state index in [-0.39, 0.29) is 24.3 Å². The molecule has 1 aliphatic rings. The van der Waals surface area contributed by atoms with E-state index in [0.717, 1.165) is 12.8 Å². The number of fused-ring (bicyclic) bond motifs is 1. The van der Waals surface area contributed by atoms with Gasteiger partial charge >= 0.3 is 5.69 Å². The zero-order valence-corrected chi connectivity index (χ0v) is 15.6. The minimum atomic E-state index is -0.490. The minimum absolute atomic E-state index is 0.0262. The van der Waals surface area contributed by atoms with Crippen LogP contribution in [0.4, 0.5) is 0 Å². The second-order valence-corrected chi connectivity index (χ2v) is 7.45. The average Bonchev–Trinajstić information content (AvgIpc) is 2.68. The van der Waals surface area contributed by atoms with Crippen LogP contribution in [0.1, 0.15) is 31.2 Å². The molecule has 144 valence electrons. The van der Waals surface area contributed by atoms with Gasteiger partial charge in [-0.15, -0.1) is 0 Å². The van der Waals surface area contributed by atoms with Crippen molar-refractivity contribution in [2.45, 2.75) is 37.6 Å². The van der Waals surface area contributed by atoms with Crippen LogP contribution in [-0.2, 0) is 16.8 Å². The number of benzene rings is 2. The first kappa shape index (κ1) is 18.2. The molecule has 2 aromatic carbocycles. The topological polar surface area (TPSA) is 84.0 Å². The first-order chi connectivity index (χ1) is 13.6. The Bertz CT molecular complexity index is 1110. The number of hydrogen-bond acceptors (Lipinski definition) is 3. The van der Waals surface area contributed by atoms with Crippen molar-refractivity contribution >= 4 is 16.8 Å². The fraction of sp³-hybridized carbons (Fsp3) is 0.318. The molecule has 1 aliphatic carbocycles. The fourth-order valence-corrected chi connectivity index (χ4v) is 4.00. The lowest BCUT2D eigenvalue weighted by atomic mass is 9.64. The van der Waals surface area contributed by atoms with Crippen LogP contribution in [0, 0.1) is 0 Å². The van der Waals surface area contributed by atoms with Gasteiger partial charge in [0, 0.05) is 24.9 Å². The molecule has 1 amide bonds. The molecule has 1 saturated carbocycles. The van der Waals surface area contributed by atoms with Gasteiger partial charge in [0.25, 0.3) is 5.56 Å². The SMILES string of the molecule is O=C(CCn1c(=O)[nH]c(=O)c2ccccc21)NCC1(c2ccccc2)CCC1. The third-order valence-corrected chi connectivity index (χ3v) is 5.79. The van der Waals surface area contributed by atoms with Crippen LogP contribution in [0.5, 0.6) is 0 Å². The summed E-state index contributed by atoms with van der Waals surface area (Å²) in [6, 6.07) is 17.2. The van der Waals surface area contributed by atoms with E-state index in [0.29, 0.717) is 17.4 Å². The Balaban J connectivity index is 1.44. The van der Waals surface area contributed by atoms with Crippen molar-refractivity contribution in [1.29, 1.82) is 0 Å². The second-order valence-electron chi connectivity index (χ2n) is 7.45. The van der Waals surface area contributed by atoms with Gasteiger partial charge in [0.15, 0.2) is 0 Å². The predicted octanol–water partition coefficient (Wildman–Crippen LogP) is 2.32. The first-order valence-corrected chi connectivity index (χ1v) is 9.63. The molecule has 4 rings (SSSR count). The number of aryl methyl sites for hydroxylation is 1. The lowest BCUT2D eigenvalue weighted by Crippen LogP contribution is -2.45. The van der Waals surface area contributed by atoms with Gasteiger partial charge in [-0.3, -0.25) is 19.1 Å². The van der Waals surface area contributed by atoms with Crippen LogP contribution in [-0.4, -0.2) is 22.0 Å². The molecule has 0 radical (unpaired) electrons. The number of carbonyl (C=O) groups is 1. The van der Waals surface area contributed by atoms with Crippen LogP contribution in [0.2, 0.25) is 0 Å².